The maximum atomic E-state index is 14.0. The van der Waals surface area contributed by atoms with Crippen molar-refractivity contribution in [3.8, 4) is 5.75 Å². The molecule has 1 unspecified atom stereocenters. The number of carbonyl (C=O) groups excluding carboxylic acids is 2. The Morgan fingerprint density at radius 1 is 1.09 bits per heavy atom. The molecule has 4 aromatic rings. The fourth-order valence-corrected chi connectivity index (χ4v) is 5.67. The van der Waals surface area contributed by atoms with Crippen molar-refractivity contribution in [3.05, 3.63) is 114 Å². The molecular formula is C35H39N5O6. The van der Waals surface area contributed by atoms with Crippen LogP contribution in [0.25, 0.3) is 0 Å². The highest BCUT2D eigenvalue weighted by Crippen LogP contribution is 2.47. The monoisotopic (exact) mass is 625 g/mol. The van der Waals surface area contributed by atoms with Crippen molar-refractivity contribution >= 4 is 23.2 Å². The first kappa shape index (κ1) is 32.6. The summed E-state index contributed by atoms with van der Waals surface area (Å²) in [6.45, 7) is 3.78. The number of aromatic nitrogens is 3. The second-order valence-corrected chi connectivity index (χ2v) is 11.5. The van der Waals surface area contributed by atoms with Crippen LogP contribution >= 0.6 is 0 Å². The van der Waals surface area contributed by atoms with E-state index in [1.165, 1.54) is 18.9 Å². The number of hydrogen-bond donors (Lipinski definition) is 4. The summed E-state index contributed by atoms with van der Waals surface area (Å²) in [5.74, 6) is -1.34. The Labute approximate surface area is 267 Å². The molecule has 1 aromatic heterocycles. The molecule has 0 bridgehead atoms. The molecule has 0 radical (unpaired) electrons. The number of fused-ring (bicyclic) bond motifs is 1. The highest BCUT2D eigenvalue weighted by molar-refractivity contribution is 6.07. The quantitative estimate of drug-likeness (QED) is 0.164. The van der Waals surface area contributed by atoms with Gasteiger partial charge in [-0.05, 0) is 54.8 Å². The largest absolute Gasteiger partial charge is 0.497 e. The number of anilines is 2. The first-order valence-electron chi connectivity index (χ1n) is 15.2. The van der Waals surface area contributed by atoms with Gasteiger partial charge in [0, 0.05) is 29.9 Å². The minimum Gasteiger partial charge on any atom is -0.497 e. The summed E-state index contributed by atoms with van der Waals surface area (Å²) in [6, 6.07) is 21.9. The number of ether oxygens (including phenoxy) is 1. The third kappa shape index (κ3) is 6.71. The minimum atomic E-state index is -1.84. The normalized spacial score (nSPS) is 18.0. The molecule has 240 valence electrons. The number of rotatable bonds is 13. The number of aliphatic hydroxyl groups is 3. The van der Waals surface area contributed by atoms with E-state index in [1.807, 2.05) is 54.7 Å². The Kier molecular flexibility index (Phi) is 9.96. The van der Waals surface area contributed by atoms with E-state index >= 15 is 0 Å². The smallest absolute Gasteiger partial charge is 0.264 e. The zero-order valence-corrected chi connectivity index (χ0v) is 26.1. The van der Waals surface area contributed by atoms with Crippen LogP contribution in [0.2, 0.25) is 0 Å². The highest BCUT2D eigenvalue weighted by atomic mass is 16.5. The zero-order chi connectivity index (χ0) is 32.8. The summed E-state index contributed by atoms with van der Waals surface area (Å²) < 4.78 is 7.14. The third-order valence-electron chi connectivity index (χ3n) is 8.30. The fraction of sp³-hybridized carbons (Fsp3) is 0.314. The Bertz CT molecular complexity index is 1700. The van der Waals surface area contributed by atoms with E-state index in [0.29, 0.717) is 41.3 Å². The molecule has 2 heterocycles. The average Bonchev–Trinajstić information content (AvgIpc) is 3.61. The molecule has 4 N–H and O–H groups in total. The van der Waals surface area contributed by atoms with Gasteiger partial charge in [0.25, 0.3) is 11.8 Å². The number of amides is 2. The molecule has 0 fully saturated rings. The van der Waals surface area contributed by atoms with Crippen molar-refractivity contribution in [2.45, 2.75) is 51.0 Å². The summed E-state index contributed by atoms with van der Waals surface area (Å²) in [7, 11) is 1.53. The molecule has 0 saturated heterocycles. The van der Waals surface area contributed by atoms with Crippen molar-refractivity contribution in [3.63, 3.8) is 0 Å². The van der Waals surface area contributed by atoms with Crippen LogP contribution in [0, 0.1) is 5.92 Å². The predicted molar refractivity (Wildman–Crippen MR) is 173 cm³/mol. The molecule has 1 aliphatic rings. The lowest BCUT2D eigenvalue weighted by molar-refractivity contribution is -0.139. The van der Waals surface area contributed by atoms with Crippen LogP contribution in [0.1, 0.15) is 48.6 Å². The molecule has 0 aliphatic carbocycles. The standard InChI is InChI=1S/C35H39N5O6/c1-23(10-7-8-17-39-21-31(37-38-39)29(22-41)26-12-5-4-6-13-26)35(45)30-19-28(46-3)15-16-32(30)40(34(35)44)20-25-11-9-14-27(18-25)36-33(43)24(2)42/h4-7,9-16,18-19,21,23-24,29,41-42,45H,8,17,20,22H2,1-3H3,(H,36,43)/b10-7+/t23-,24-,29?,35+/m0/s1. The molecule has 0 saturated carbocycles. The Morgan fingerprint density at radius 2 is 1.87 bits per heavy atom. The number of methoxy groups -OCH3 is 1. The van der Waals surface area contributed by atoms with Crippen molar-refractivity contribution in [2.24, 2.45) is 5.92 Å². The molecular weight excluding hydrogens is 586 g/mol. The van der Waals surface area contributed by atoms with Gasteiger partial charge in [0.15, 0.2) is 5.60 Å². The van der Waals surface area contributed by atoms with E-state index in [1.54, 1.807) is 48.0 Å². The van der Waals surface area contributed by atoms with Crippen molar-refractivity contribution in [1.82, 2.24) is 15.0 Å². The van der Waals surface area contributed by atoms with Crippen molar-refractivity contribution < 1.29 is 29.6 Å². The summed E-state index contributed by atoms with van der Waals surface area (Å²) in [5.41, 5.74) is 2.03. The first-order chi connectivity index (χ1) is 22.1. The highest BCUT2D eigenvalue weighted by Gasteiger charge is 2.52. The predicted octanol–water partition coefficient (Wildman–Crippen LogP) is 3.75. The summed E-state index contributed by atoms with van der Waals surface area (Å²) in [6.07, 6.45) is 4.97. The average molecular weight is 626 g/mol. The van der Waals surface area contributed by atoms with Gasteiger partial charge in [0.2, 0.25) is 0 Å². The lowest BCUT2D eigenvalue weighted by Gasteiger charge is -2.28. The second kappa shape index (κ2) is 14.1. The van der Waals surface area contributed by atoms with Crippen LogP contribution in [-0.2, 0) is 28.3 Å². The molecule has 11 heteroatoms. The van der Waals surface area contributed by atoms with Gasteiger partial charge in [0.1, 0.15) is 11.9 Å². The Morgan fingerprint density at radius 3 is 2.59 bits per heavy atom. The van der Waals surface area contributed by atoms with Gasteiger partial charge in [-0.1, -0.05) is 66.8 Å². The molecule has 46 heavy (non-hydrogen) atoms. The number of benzene rings is 3. The van der Waals surface area contributed by atoms with Gasteiger partial charge in [-0.25, -0.2) is 0 Å². The van der Waals surface area contributed by atoms with E-state index < -0.39 is 29.4 Å². The van der Waals surface area contributed by atoms with Gasteiger partial charge in [-0.3, -0.25) is 14.3 Å². The molecule has 1 aliphatic heterocycles. The van der Waals surface area contributed by atoms with E-state index in [9.17, 15) is 24.9 Å². The molecule has 3 aromatic carbocycles. The Hall–Kier alpha value is -4.84. The number of hydrogen-bond acceptors (Lipinski definition) is 8. The van der Waals surface area contributed by atoms with Crippen LogP contribution in [-0.4, -0.2) is 61.9 Å². The number of aryl methyl sites for hydroxylation is 1. The Balaban J connectivity index is 1.31. The van der Waals surface area contributed by atoms with E-state index in [-0.39, 0.29) is 19.1 Å². The minimum absolute atomic E-state index is 0.0823. The van der Waals surface area contributed by atoms with Gasteiger partial charge in [-0.15, -0.1) is 5.10 Å². The summed E-state index contributed by atoms with van der Waals surface area (Å²) >= 11 is 0. The molecule has 0 spiro atoms. The van der Waals surface area contributed by atoms with E-state index in [2.05, 4.69) is 15.6 Å². The third-order valence-corrected chi connectivity index (χ3v) is 8.30. The van der Waals surface area contributed by atoms with Gasteiger partial charge >= 0.3 is 0 Å². The number of carbonyl (C=O) groups is 2. The first-order valence-corrected chi connectivity index (χ1v) is 15.2. The molecule has 11 nitrogen and oxygen atoms in total. The molecule has 5 rings (SSSR count). The lowest BCUT2D eigenvalue weighted by Crippen LogP contribution is -2.44. The van der Waals surface area contributed by atoms with Gasteiger partial charge in [0.05, 0.1) is 37.6 Å². The maximum Gasteiger partial charge on any atom is 0.264 e. The summed E-state index contributed by atoms with van der Waals surface area (Å²) in [5, 5.41) is 42.7. The number of nitrogens with one attached hydrogen (secondary N) is 1. The van der Waals surface area contributed by atoms with Crippen molar-refractivity contribution in [1.29, 1.82) is 0 Å². The van der Waals surface area contributed by atoms with Crippen LogP contribution < -0.4 is 15.0 Å². The van der Waals surface area contributed by atoms with Crippen LogP contribution in [0.5, 0.6) is 5.75 Å². The maximum absolute atomic E-state index is 14.0. The summed E-state index contributed by atoms with van der Waals surface area (Å²) in [4.78, 5) is 27.5. The fourth-order valence-electron chi connectivity index (χ4n) is 5.67. The number of aliphatic hydroxyl groups excluding tert-OH is 2. The van der Waals surface area contributed by atoms with E-state index in [0.717, 1.165) is 11.1 Å². The SMILES string of the molecule is COc1ccc2c(c1)[C@](O)([C@@H](C)/C=C/CCn1cc(C(CO)c3ccccc3)nn1)C(=O)N2Cc1cccc(NC(=O)[C@H](C)O)c1. The van der Waals surface area contributed by atoms with Crippen LogP contribution in [0.4, 0.5) is 11.4 Å². The molecule has 4 atom stereocenters. The van der Waals surface area contributed by atoms with E-state index in [4.69, 9.17) is 4.74 Å². The zero-order valence-electron chi connectivity index (χ0n) is 26.1. The number of nitrogens with zero attached hydrogens (tertiary/aromatic N) is 4. The van der Waals surface area contributed by atoms with Gasteiger partial charge < -0.3 is 30.3 Å². The topological polar surface area (TPSA) is 150 Å². The lowest BCUT2D eigenvalue weighted by atomic mass is 9.83. The molecule has 2 amide bonds. The van der Waals surface area contributed by atoms with Gasteiger partial charge in [-0.2, -0.15) is 0 Å². The van der Waals surface area contributed by atoms with Crippen LogP contribution in [0.3, 0.4) is 0 Å². The number of allylic oxidation sites excluding steroid dienone is 1. The second-order valence-electron chi connectivity index (χ2n) is 11.5. The van der Waals surface area contributed by atoms with Crippen LogP contribution in [0.15, 0.2) is 91.1 Å². The van der Waals surface area contributed by atoms with Crippen molar-refractivity contribution in [2.75, 3.05) is 23.9 Å².